The molecule has 0 aromatic carbocycles. The van der Waals surface area contributed by atoms with E-state index >= 15 is 0 Å². The van der Waals surface area contributed by atoms with Crippen LogP contribution in [0.25, 0.3) is 0 Å². The van der Waals surface area contributed by atoms with Crippen LogP contribution in [0.1, 0.15) is 40.0 Å². The molecular weight excluding hydrogens is 248 g/mol. The average Bonchev–Trinajstić information content (AvgIpc) is 2.26. The summed E-state index contributed by atoms with van der Waals surface area (Å²) in [6, 6.07) is 0. The number of nitrogens with zero attached hydrogens (tertiary/aromatic N) is 1. The van der Waals surface area contributed by atoms with E-state index in [0.29, 0.717) is 13.1 Å². The van der Waals surface area contributed by atoms with Crippen molar-refractivity contribution >= 4 is 12.1 Å². The van der Waals surface area contributed by atoms with Crippen LogP contribution in [0.4, 0.5) is 4.79 Å². The highest BCUT2D eigenvalue weighted by Gasteiger charge is 2.39. The van der Waals surface area contributed by atoms with E-state index in [4.69, 9.17) is 15.6 Å². The SMILES string of the molecule is CC(C)(C)OC(=O)N1CCCC(CN)(CC(=O)O)C1. The number of nitrogens with two attached hydrogens (primary N) is 1. The van der Waals surface area contributed by atoms with Gasteiger partial charge in [-0.15, -0.1) is 0 Å². The zero-order valence-corrected chi connectivity index (χ0v) is 11.9. The summed E-state index contributed by atoms with van der Waals surface area (Å²) in [5.41, 5.74) is 4.66. The Balaban J connectivity index is 2.72. The molecule has 1 unspecified atom stereocenters. The third-order valence-corrected chi connectivity index (χ3v) is 3.27. The summed E-state index contributed by atoms with van der Waals surface area (Å²) in [5, 5.41) is 8.98. The van der Waals surface area contributed by atoms with Gasteiger partial charge in [0, 0.05) is 25.0 Å². The fourth-order valence-corrected chi connectivity index (χ4v) is 2.39. The largest absolute Gasteiger partial charge is 0.481 e. The van der Waals surface area contributed by atoms with Crippen molar-refractivity contribution in [3.05, 3.63) is 0 Å². The van der Waals surface area contributed by atoms with E-state index in [1.54, 1.807) is 4.90 Å². The van der Waals surface area contributed by atoms with Gasteiger partial charge in [-0.3, -0.25) is 4.79 Å². The van der Waals surface area contributed by atoms with E-state index in [-0.39, 0.29) is 13.0 Å². The predicted molar refractivity (Wildman–Crippen MR) is 70.8 cm³/mol. The van der Waals surface area contributed by atoms with E-state index in [1.165, 1.54) is 0 Å². The Morgan fingerprint density at radius 2 is 2.05 bits per heavy atom. The number of carbonyl (C=O) groups excluding carboxylic acids is 1. The van der Waals surface area contributed by atoms with Crippen LogP contribution in [0.2, 0.25) is 0 Å². The number of carbonyl (C=O) groups is 2. The molecule has 1 amide bonds. The Morgan fingerprint density at radius 3 is 2.53 bits per heavy atom. The molecule has 1 heterocycles. The number of amides is 1. The molecule has 1 saturated heterocycles. The lowest BCUT2D eigenvalue weighted by Crippen LogP contribution is -2.51. The lowest BCUT2D eigenvalue weighted by Gasteiger charge is -2.41. The second-order valence-electron chi connectivity index (χ2n) is 6.28. The van der Waals surface area contributed by atoms with Gasteiger partial charge in [-0.05, 0) is 33.6 Å². The Morgan fingerprint density at radius 1 is 1.42 bits per heavy atom. The van der Waals surface area contributed by atoms with Gasteiger partial charge in [0.2, 0.25) is 0 Å². The molecule has 0 aromatic rings. The second kappa shape index (κ2) is 5.77. The molecule has 1 fully saturated rings. The summed E-state index contributed by atoms with van der Waals surface area (Å²) in [6.45, 7) is 6.63. The Labute approximate surface area is 113 Å². The maximum atomic E-state index is 12.0. The van der Waals surface area contributed by atoms with Gasteiger partial charge in [-0.1, -0.05) is 0 Å². The van der Waals surface area contributed by atoms with E-state index in [0.717, 1.165) is 12.8 Å². The fourth-order valence-electron chi connectivity index (χ4n) is 2.39. The van der Waals surface area contributed by atoms with Crippen LogP contribution < -0.4 is 5.73 Å². The normalized spacial score (nSPS) is 24.1. The predicted octanol–water partition coefficient (Wildman–Crippen LogP) is 1.44. The lowest BCUT2D eigenvalue weighted by molar-refractivity contribution is -0.140. The molecule has 110 valence electrons. The smallest absolute Gasteiger partial charge is 0.410 e. The number of hydrogen-bond donors (Lipinski definition) is 2. The Bertz CT molecular complexity index is 351. The van der Waals surface area contributed by atoms with Crippen molar-refractivity contribution in [3.63, 3.8) is 0 Å². The summed E-state index contributed by atoms with van der Waals surface area (Å²) < 4.78 is 5.32. The van der Waals surface area contributed by atoms with Gasteiger partial charge >= 0.3 is 12.1 Å². The molecule has 6 heteroatoms. The number of carboxylic acids is 1. The highest BCUT2D eigenvalue weighted by atomic mass is 16.6. The summed E-state index contributed by atoms with van der Waals surface area (Å²) >= 11 is 0. The topological polar surface area (TPSA) is 92.9 Å². The summed E-state index contributed by atoms with van der Waals surface area (Å²) in [5.74, 6) is -0.878. The van der Waals surface area contributed by atoms with Crippen molar-refractivity contribution in [2.75, 3.05) is 19.6 Å². The van der Waals surface area contributed by atoms with Gasteiger partial charge in [-0.25, -0.2) is 4.79 Å². The molecule has 0 spiro atoms. The van der Waals surface area contributed by atoms with Crippen LogP contribution in [0, 0.1) is 5.41 Å². The number of rotatable bonds is 3. The first kappa shape index (κ1) is 15.8. The minimum atomic E-state index is -0.878. The van der Waals surface area contributed by atoms with Gasteiger partial charge in [0.1, 0.15) is 5.60 Å². The molecule has 0 saturated carbocycles. The third kappa shape index (κ3) is 4.70. The Hall–Kier alpha value is -1.30. The summed E-state index contributed by atoms with van der Waals surface area (Å²) in [4.78, 5) is 24.5. The van der Waals surface area contributed by atoms with Gasteiger partial charge < -0.3 is 20.5 Å². The molecular formula is C13H24N2O4. The third-order valence-electron chi connectivity index (χ3n) is 3.27. The van der Waals surface area contributed by atoms with Crippen molar-refractivity contribution in [1.82, 2.24) is 4.90 Å². The highest BCUT2D eigenvalue weighted by Crippen LogP contribution is 2.33. The maximum absolute atomic E-state index is 12.0. The highest BCUT2D eigenvalue weighted by molar-refractivity contribution is 5.70. The van der Waals surface area contributed by atoms with E-state index in [9.17, 15) is 9.59 Å². The first-order chi connectivity index (χ1) is 8.67. The molecule has 1 rings (SSSR count). The number of hydrogen-bond acceptors (Lipinski definition) is 4. The zero-order chi connectivity index (χ0) is 14.7. The van der Waals surface area contributed by atoms with Crippen LogP contribution in [-0.4, -0.2) is 47.3 Å². The minimum absolute atomic E-state index is 0.0111. The molecule has 0 radical (unpaired) electrons. The van der Waals surface area contributed by atoms with Gasteiger partial charge in [0.05, 0.1) is 6.42 Å². The number of likely N-dealkylation sites (tertiary alicyclic amines) is 1. The van der Waals surface area contributed by atoms with Crippen molar-refractivity contribution in [2.45, 2.75) is 45.6 Å². The zero-order valence-electron chi connectivity index (χ0n) is 11.9. The molecule has 0 bridgehead atoms. The van der Waals surface area contributed by atoms with E-state index in [1.807, 2.05) is 20.8 Å². The molecule has 0 aromatic heterocycles. The van der Waals surface area contributed by atoms with Crippen molar-refractivity contribution in [1.29, 1.82) is 0 Å². The number of aliphatic carboxylic acids is 1. The quantitative estimate of drug-likeness (QED) is 0.811. The molecule has 1 aliphatic heterocycles. The molecule has 19 heavy (non-hydrogen) atoms. The first-order valence-corrected chi connectivity index (χ1v) is 6.57. The van der Waals surface area contributed by atoms with Gasteiger partial charge in [-0.2, -0.15) is 0 Å². The molecule has 0 aliphatic carbocycles. The molecule has 1 atom stereocenters. The van der Waals surface area contributed by atoms with E-state index < -0.39 is 23.1 Å². The van der Waals surface area contributed by atoms with Crippen LogP contribution >= 0.6 is 0 Å². The van der Waals surface area contributed by atoms with Gasteiger partial charge in [0.25, 0.3) is 0 Å². The summed E-state index contributed by atoms with van der Waals surface area (Å²) in [7, 11) is 0. The van der Waals surface area contributed by atoms with Gasteiger partial charge in [0.15, 0.2) is 0 Å². The van der Waals surface area contributed by atoms with Crippen molar-refractivity contribution < 1.29 is 19.4 Å². The van der Waals surface area contributed by atoms with Crippen molar-refractivity contribution in [3.8, 4) is 0 Å². The van der Waals surface area contributed by atoms with Crippen LogP contribution in [0.3, 0.4) is 0 Å². The van der Waals surface area contributed by atoms with Crippen molar-refractivity contribution in [2.24, 2.45) is 11.1 Å². The van der Waals surface area contributed by atoms with Crippen LogP contribution in [-0.2, 0) is 9.53 Å². The Kier molecular flexibility index (Phi) is 4.79. The standard InChI is InChI=1S/C13H24N2O4/c1-12(2,3)19-11(18)15-6-4-5-13(8-14,9-15)7-10(16)17/h4-9,14H2,1-3H3,(H,16,17). The number of ether oxygens (including phenoxy) is 1. The monoisotopic (exact) mass is 272 g/mol. The summed E-state index contributed by atoms with van der Waals surface area (Å²) in [6.07, 6.45) is 1.08. The second-order valence-corrected chi connectivity index (χ2v) is 6.28. The molecule has 6 nitrogen and oxygen atoms in total. The maximum Gasteiger partial charge on any atom is 0.410 e. The molecule has 1 aliphatic rings. The van der Waals surface area contributed by atoms with Crippen LogP contribution in [0.15, 0.2) is 0 Å². The number of carboxylic acid groups (broad SMARTS) is 1. The number of piperidine rings is 1. The first-order valence-electron chi connectivity index (χ1n) is 6.57. The van der Waals surface area contributed by atoms with E-state index in [2.05, 4.69) is 0 Å². The lowest BCUT2D eigenvalue weighted by atomic mass is 9.77. The fraction of sp³-hybridized carbons (Fsp3) is 0.846. The molecule has 3 N–H and O–H groups in total. The average molecular weight is 272 g/mol. The minimum Gasteiger partial charge on any atom is -0.481 e. The van der Waals surface area contributed by atoms with Crippen LogP contribution in [0.5, 0.6) is 0 Å².